The fraction of sp³-hybridized carbons (Fsp3) is 0.100. The number of halogens is 4. The average molecular weight is 325 g/mol. The van der Waals surface area contributed by atoms with E-state index in [1.807, 2.05) is 0 Å². The van der Waals surface area contributed by atoms with Crippen LogP contribution < -0.4 is 5.43 Å². The molecule has 1 heterocycles. The van der Waals surface area contributed by atoms with Gasteiger partial charge in [0.1, 0.15) is 0 Å². The molecule has 90 valence electrons. The van der Waals surface area contributed by atoms with Crippen LogP contribution in [0.3, 0.4) is 0 Å². The number of rotatable bonds is 0. The number of fused-ring (bicyclic) bond motifs is 1. The maximum absolute atomic E-state index is 12.5. The number of hydrogen-bond donors (Lipinski definition) is 1. The molecule has 0 N–H and O–H groups in total. The molecule has 0 bridgehead atoms. The zero-order chi connectivity index (χ0) is 12.8. The largest absolute Gasteiger partial charge is 0.449 e. The molecule has 0 saturated carbocycles. The van der Waals surface area contributed by atoms with Crippen molar-refractivity contribution in [3.05, 3.63) is 38.5 Å². The van der Waals surface area contributed by atoms with E-state index >= 15 is 0 Å². The van der Waals surface area contributed by atoms with Crippen LogP contribution in [-0.4, -0.2) is 0 Å². The van der Waals surface area contributed by atoms with Crippen molar-refractivity contribution in [2.45, 2.75) is 11.3 Å². The molecule has 2 nitrogen and oxygen atoms in total. The highest BCUT2D eigenvalue weighted by atomic mass is 79.9. The third-order valence-electron chi connectivity index (χ3n) is 2.10. The van der Waals surface area contributed by atoms with Crippen LogP contribution in [-0.2, 0) is 6.18 Å². The molecule has 0 unspecified atom stereocenters. The fourth-order valence-corrected chi connectivity index (χ4v) is 2.12. The van der Waals surface area contributed by atoms with Gasteiger partial charge >= 0.3 is 6.18 Å². The Morgan fingerprint density at radius 2 is 1.88 bits per heavy atom. The Hall–Kier alpha value is -0.950. The lowest BCUT2D eigenvalue weighted by molar-refractivity contribution is -0.137. The fourth-order valence-electron chi connectivity index (χ4n) is 1.37. The van der Waals surface area contributed by atoms with E-state index in [9.17, 15) is 18.0 Å². The van der Waals surface area contributed by atoms with Gasteiger partial charge in [-0.05, 0) is 28.1 Å². The number of benzene rings is 1. The molecule has 0 amide bonds. The van der Waals surface area contributed by atoms with Crippen molar-refractivity contribution in [3.8, 4) is 0 Å². The van der Waals surface area contributed by atoms with Crippen LogP contribution in [0.25, 0.3) is 11.0 Å². The van der Waals surface area contributed by atoms with E-state index in [0.717, 1.165) is 18.2 Å². The molecule has 2 aromatic rings. The molecule has 0 aliphatic carbocycles. The quantitative estimate of drug-likeness (QED) is 0.746. The standard InChI is InChI=1S/C10H4BrF3O2S/c11-6-2-4(10(12,13)14)1-5-7(15)3-8(17)16-9(5)6/h1-3,17H. The minimum atomic E-state index is -4.51. The normalized spacial score (nSPS) is 12.1. The van der Waals surface area contributed by atoms with Gasteiger partial charge in [-0.15, -0.1) is 12.6 Å². The Morgan fingerprint density at radius 1 is 1.24 bits per heavy atom. The van der Waals surface area contributed by atoms with Crippen molar-refractivity contribution >= 4 is 39.5 Å². The minimum Gasteiger partial charge on any atom is -0.449 e. The molecule has 0 aliphatic heterocycles. The van der Waals surface area contributed by atoms with Gasteiger partial charge in [0.25, 0.3) is 0 Å². The second-order valence-corrected chi connectivity index (χ2v) is 4.58. The maximum atomic E-state index is 12.5. The van der Waals surface area contributed by atoms with E-state index in [1.165, 1.54) is 0 Å². The second kappa shape index (κ2) is 4.06. The number of alkyl halides is 3. The first-order valence-corrected chi connectivity index (χ1v) is 5.56. The molecule has 0 fully saturated rings. The van der Waals surface area contributed by atoms with Crippen molar-refractivity contribution in [1.29, 1.82) is 0 Å². The van der Waals surface area contributed by atoms with Crippen LogP contribution in [0, 0.1) is 0 Å². The van der Waals surface area contributed by atoms with E-state index in [4.69, 9.17) is 4.42 Å². The summed E-state index contributed by atoms with van der Waals surface area (Å²) >= 11 is 6.79. The van der Waals surface area contributed by atoms with Crippen LogP contribution in [0.5, 0.6) is 0 Å². The van der Waals surface area contributed by atoms with E-state index in [-0.39, 0.29) is 20.5 Å². The van der Waals surface area contributed by atoms with E-state index < -0.39 is 17.2 Å². The summed E-state index contributed by atoms with van der Waals surface area (Å²) in [5, 5.41) is -0.0903. The first-order chi connectivity index (χ1) is 7.79. The first-order valence-electron chi connectivity index (χ1n) is 4.32. The highest BCUT2D eigenvalue weighted by molar-refractivity contribution is 9.10. The minimum absolute atomic E-state index is 0.0444. The zero-order valence-electron chi connectivity index (χ0n) is 8.01. The Balaban J connectivity index is 2.88. The SMILES string of the molecule is O=c1cc(S)oc2c(Br)cc(C(F)(F)F)cc12. The van der Waals surface area contributed by atoms with Crippen molar-refractivity contribution in [1.82, 2.24) is 0 Å². The van der Waals surface area contributed by atoms with Gasteiger partial charge in [0.15, 0.2) is 16.1 Å². The van der Waals surface area contributed by atoms with Gasteiger partial charge < -0.3 is 4.42 Å². The van der Waals surface area contributed by atoms with Gasteiger partial charge in [-0.2, -0.15) is 13.2 Å². The van der Waals surface area contributed by atoms with Crippen LogP contribution in [0.1, 0.15) is 5.56 Å². The summed E-state index contributed by atoms with van der Waals surface area (Å²) < 4.78 is 42.8. The van der Waals surface area contributed by atoms with Gasteiger partial charge in [-0.3, -0.25) is 4.79 Å². The molecule has 0 atom stereocenters. The van der Waals surface area contributed by atoms with E-state index in [2.05, 4.69) is 28.6 Å². The molecule has 0 radical (unpaired) electrons. The first kappa shape index (κ1) is 12.5. The molecular weight excluding hydrogens is 321 g/mol. The Kier molecular flexibility index (Phi) is 2.99. The van der Waals surface area contributed by atoms with Gasteiger partial charge in [-0.25, -0.2) is 0 Å². The summed E-state index contributed by atoms with van der Waals surface area (Å²) in [5.74, 6) is 0. The Morgan fingerprint density at radius 3 is 2.47 bits per heavy atom. The summed E-state index contributed by atoms with van der Waals surface area (Å²) in [5.41, 5.74) is -1.42. The van der Waals surface area contributed by atoms with E-state index in [0.29, 0.717) is 0 Å². The van der Waals surface area contributed by atoms with Crippen molar-refractivity contribution in [2.75, 3.05) is 0 Å². The summed E-state index contributed by atoms with van der Waals surface area (Å²) in [7, 11) is 0. The maximum Gasteiger partial charge on any atom is 0.416 e. The summed E-state index contributed by atoms with van der Waals surface area (Å²) in [6, 6.07) is 2.65. The van der Waals surface area contributed by atoms with Crippen LogP contribution in [0.2, 0.25) is 0 Å². The lowest BCUT2D eigenvalue weighted by atomic mass is 10.1. The predicted molar refractivity (Wildman–Crippen MR) is 62.4 cm³/mol. The lowest BCUT2D eigenvalue weighted by Gasteiger charge is -2.08. The molecule has 0 saturated heterocycles. The second-order valence-electron chi connectivity index (χ2n) is 3.28. The van der Waals surface area contributed by atoms with Crippen LogP contribution in [0.4, 0.5) is 13.2 Å². The van der Waals surface area contributed by atoms with Crippen molar-refractivity contribution in [2.24, 2.45) is 0 Å². The Bertz CT molecular complexity index is 648. The lowest BCUT2D eigenvalue weighted by Crippen LogP contribution is -2.07. The molecule has 1 aromatic carbocycles. The third-order valence-corrected chi connectivity index (χ3v) is 2.91. The van der Waals surface area contributed by atoms with Gasteiger partial charge in [0.05, 0.1) is 15.4 Å². The third kappa shape index (κ3) is 2.35. The highest BCUT2D eigenvalue weighted by Gasteiger charge is 2.31. The van der Waals surface area contributed by atoms with Crippen molar-refractivity contribution < 1.29 is 17.6 Å². The summed E-state index contributed by atoms with van der Waals surface area (Å²) in [6.07, 6.45) is -4.51. The van der Waals surface area contributed by atoms with Crippen LogP contribution in [0.15, 0.2) is 37.0 Å². The molecule has 0 aliphatic rings. The molecule has 7 heteroatoms. The topological polar surface area (TPSA) is 30.2 Å². The summed E-state index contributed by atoms with van der Waals surface area (Å²) in [6.45, 7) is 0. The van der Waals surface area contributed by atoms with Crippen LogP contribution >= 0.6 is 28.6 Å². The monoisotopic (exact) mass is 324 g/mol. The molecular formula is C10H4BrF3O2S. The van der Waals surface area contributed by atoms with Crippen molar-refractivity contribution in [3.63, 3.8) is 0 Å². The molecule has 17 heavy (non-hydrogen) atoms. The van der Waals surface area contributed by atoms with Gasteiger partial charge in [-0.1, -0.05) is 0 Å². The molecule has 2 rings (SSSR count). The number of thiol groups is 1. The predicted octanol–water partition coefficient (Wildman–Crippen LogP) is 3.86. The zero-order valence-corrected chi connectivity index (χ0v) is 10.5. The molecule has 0 spiro atoms. The average Bonchev–Trinajstić information content (AvgIpc) is 2.17. The highest BCUT2D eigenvalue weighted by Crippen LogP contribution is 2.34. The smallest absolute Gasteiger partial charge is 0.416 e. The molecule has 1 aromatic heterocycles. The van der Waals surface area contributed by atoms with Gasteiger partial charge in [0, 0.05) is 6.07 Å². The van der Waals surface area contributed by atoms with E-state index in [1.54, 1.807) is 0 Å². The Labute approximate surface area is 107 Å². The van der Waals surface area contributed by atoms with Gasteiger partial charge in [0.2, 0.25) is 0 Å². The number of hydrogen-bond acceptors (Lipinski definition) is 3. The summed E-state index contributed by atoms with van der Waals surface area (Å²) in [4.78, 5) is 11.5.